The summed E-state index contributed by atoms with van der Waals surface area (Å²) in [6, 6.07) is 8.05. The number of fused-ring (bicyclic) bond motifs is 1. The zero-order valence-electron chi connectivity index (χ0n) is 15.4. The fraction of sp³-hybridized carbons (Fsp3) is 0.667. The van der Waals surface area contributed by atoms with Crippen LogP contribution in [0, 0.1) is 11.8 Å². The van der Waals surface area contributed by atoms with Crippen LogP contribution in [0.2, 0.25) is 5.02 Å². The topological polar surface area (TPSA) is 32.3 Å². The number of halogens is 2. The summed E-state index contributed by atoms with van der Waals surface area (Å²) in [6.45, 7) is 4.10. The highest BCUT2D eigenvalue weighted by Crippen LogP contribution is 2.42. The molecule has 1 aromatic rings. The van der Waals surface area contributed by atoms with Crippen molar-refractivity contribution in [3.05, 3.63) is 34.9 Å². The SMILES string of the molecule is Cl.O=C(N1CC[C@@H]2CNC[C@@H]2CC1)C1(c2cccc(Cl)c2)CCCCC1. The largest absolute Gasteiger partial charge is 0.342 e. The molecule has 2 heterocycles. The molecule has 144 valence electrons. The molecule has 1 aromatic carbocycles. The van der Waals surface area contributed by atoms with Gasteiger partial charge in [-0.3, -0.25) is 4.79 Å². The van der Waals surface area contributed by atoms with Crippen molar-refractivity contribution >= 4 is 29.9 Å². The highest BCUT2D eigenvalue weighted by Gasteiger charge is 2.44. The van der Waals surface area contributed by atoms with Gasteiger partial charge in [0.15, 0.2) is 0 Å². The molecule has 1 amide bonds. The van der Waals surface area contributed by atoms with Crippen LogP contribution in [0.15, 0.2) is 24.3 Å². The van der Waals surface area contributed by atoms with Crippen molar-refractivity contribution in [1.82, 2.24) is 10.2 Å². The van der Waals surface area contributed by atoms with Crippen molar-refractivity contribution in [2.75, 3.05) is 26.2 Å². The van der Waals surface area contributed by atoms with Gasteiger partial charge < -0.3 is 10.2 Å². The summed E-state index contributed by atoms with van der Waals surface area (Å²) in [5.74, 6) is 1.87. The summed E-state index contributed by atoms with van der Waals surface area (Å²) in [6.07, 6.45) is 7.76. The lowest BCUT2D eigenvalue weighted by Gasteiger charge is -2.40. The second kappa shape index (κ2) is 8.50. The first-order valence-electron chi connectivity index (χ1n) is 9.95. The summed E-state index contributed by atoms with van der Waals surface area (Å²) in [5.41, 5.74) is 0.789. The van der Waals surface area contributed by atoms with E-state index in [1.807, 2.05) is 18.2 Å². The summed E-state index contributed by atoms with van der Waals surface area (Å²) in [7, 11) is 0. The Kier molecular flexibility index (Phi) is 6.53. The molecule has 1 aliphatic carbocycles. The number of rotatable bonds is 2. The first-order valence-corrected chi connectivity index (χ1v) is 10.3. The van der Waals surface area contributed by atoms with Gasteiger partial charge in [-0.05, 0) is 68.3 Å². The molecule has 2 aliphatic heterocycles. The van der Waals surface area contributed by atoms with Crippen molar-refractivity contribution in [3.63, 3.8) is 0 Å². The highest BCUT2D eigenvalue weighted by atomic mass is 35.5. The third kappa shape index (κ3) is 3.76. The number of hydrogen-bond acceptors (Lipinski definition) is 2. The van der Waals surface area contributed by atoms with Crippen molar-refractivity contribution in [3.8, 4) is 0 Å². The molecule has 0 radical (unpaired) electrons. The fourth-order valence-corrected chi connectivity index (χ4v) is 5.48. The molecule has 1 saturated carbocycles. The van der Waals surface area contributed by atoms with Gasteiger partial charge in [0, 0.05) is 18.1 Å². The summed E-state index contributed by atoms with van der Waals surface area (Å²) >= 11 is 6.28. The first kappa shape index (κ1) is 20.0. The Labute approximate surface area is 168 Å². The number of amides is 1. The van der Waals surface area contributed by atoms with Gasteiger partial charge in [0.05, 0.1) is 5.41 Å². The van der Waals surface area contributed by atoms with E-state index >= 15 is 0 Å². The van der Waals surface area contributed by atoms with E-state index in [4.69, 9.17) is 11.6 Å². The van der Waals surface area contributed by atoms with Gasteiger partial charge in [-0.1, -0.05) is 43.0 Å². The van der Waals surface area contributed by atoms with E-state index in [1.54, 1.807) is 0 Å². The van der Waals surface area contributed by atoms with Gasteiger partial charge >= 0.3 is 0 Å². The van der Waals surface area contributed by atoms with Crippen molar-refractivity contribution in [2.24, 2.45) is 11.8 Å². The lowest BCUT2D eigenvalue weighted by Crippen LogP contribution is -2.48. The molecule has 2 atom stereocenters. The number of hydrogen-bond donors (Lipinski definition) is 1. The lowest BCUT2D eigenvalue weighted by atomic mass is 9.68. The predicted molar refractivity (Wildman–Crippen MR) is 109 cm³/mol. The van der Waals surface area contributed by atoms with Crippen LogP contribution in [-0.4, -0.2) is 37.0 Å². The molecular formula is C21H30Cl2N2O. The van der Waals surface area contributed by atoms with Crippen molar-refractivity contribution in [1.29, 1.82) is 0 Å². The third-order valence-electron chi connectivity index (χ3n) is 6.80. The molecule has 0 bridgehead atoms. The fourth-order valence-electron chi connectivity index (χ4n) is 5.29. The summed E-state index contributed by atoms with van der Waals surface area (Å²) < 4.78 is 0. The van der Waals surface area contributed by atoms with Gasteiger partial charge in [0.1, 0.15) is 0 Å². The van der Waals surface area contributed by atoms with E-state index in [0.717, 1.165) is 87.1 Å². The average molecular weight is 397 g/mol. The Balaban J connectivity index is 0.00000196. The van der Waals surface area contributed by atoms with Crippen LogP contribution >= 0.6 is 24.0 Å². The van der Waals surface area contributed by atoms with Crippen molar-refractivity contribution in [2.45, 2.75) is 50.4 Å². The molecule has 0 aromatic heterocycles. The van der Waals surface area contributed by atoms with Crippen LogP contribution in [0.4, 0.5) is 0 Å². The second-order valence-electron chi connectivity index (χ2n) is 8.20. The van der Waals surface area contributed by atoms with E-state index in [-0.39, 0.29) is 17.8 Å². The number of nitrogens with one attached hydrogen (secondary N) is 1. The van der Waals surface area contributed by atoms with Gasteiger partial charge in [-0.25, -0.2) is 0 Å². The molecule has 26 heavy (non-hydrogen) atoms. The predicted octanol–water partition coefficient (Wildman–Crippen LogP) is 4.42. The lowest BCUT2D eigenvalue weighted by molar-refractivity contribution is -0.139. The van der Waals surface area contributed by atoms with Gasteiger partial charge in [-0.15, -0.1) is 12.4 Å². The number of benzene rings is 1. The maximum atomic E-state index is 13.7. The minimum absolute atomic E-state index is 0. The molecular weight excluding hydrogens is 367 g/mol. The third-order valence-corrected chi connectivity index (χ3v) is 7.04. The standard InChI is InChI=1S/C21H29ClN2O.ClH/c22-19-6-4-5-18(13-19)21(9-2-1-3-10-21)20(25)24-11-7-16-14-23-15-17(16)8-12-24;/h4-6,13,16-17,23H,1-3,7-12,14-15H2;1H/t16-,17+;. The Morgan fingerprint density at radius 1 is 1.08 bits per heavy atom. The number of carbonyl (C=O) groups is 1. The maximum Gasteiger partial charge on any atom is 0.233 e. The molecule has 0 unspecified atom stereocenters. The Morgan fingerprint density at radius 3 is 2.35 bits per heavy atom. The molecule has 2 saturated heterocycles. The summed E-state index contributed by atoms with van der Waals surface area (Å²) in [4.78, 5) is 15.9. The van der Waals surface area contributed by atoms with Crippen LogP contribution in [-0.2, 0) is 10.2 Å². The molecule has 3 nitrogen and oxygen atoms in total. The number of carbonyl (C=O) groups excluding carboxylic acids is 1. The van der Waals surface area contributed by atoms with Crippen LogP contribution in [0.3, 0.4) is 0 Å². The van der Waals surface area contributed by atoms with Crippen molar-refractivity contribution < 1.29 is 4.79 Å². The molecule has 3 aliphatic rings. The van der Waals surface area contributed by atoms with Gasteiger partial charge in [0.25, 0.3) is 0 Å². The summed E-state index contributed by atoms with van der Waals surface area (Å²) in [5, 5.41) is 4.26. The van der Waals surface area contributed by atoms with E-state index in [9.17, 15) is 4.79 Å². The van der Waals surface area contributed by atoms with Crippen LogP contribution in [0.1, 0.15) is 50.5 Å². The molecule has 5 heteroatoms. The quantitative estimate of drug-likeness (QED) is 0.801. The van der Waals surface area contributed by atoms with Crippen LogP contribution < -0.4 is 5.32 Å². The monoisotopic (exact) mass is 396 g/mol. The van der Waals surface area contributed by atoms with E-state index < -0.39 is 0 Å². The zero-order valence-corrected chi connectivity index (χ0v) is 17.0. The zero-order chi connectivity index (χ0) is 17.3. The van der Waals surface area contributed by atoms with Gasteiger partial charge in [-0.2, -0.15) is 0 Å². The minimum Gasteiger partial charge on any atom is -0.342 e. The molecule has 4 rings (SSSR count). The molecule has 3 fully saturated rings. The Morgan fingerprint density at radius 2 is 1.73 bits per heavy atom. The van der Waals surface area contributed by atoms with Gasteiger partial charge in [0.2, 0.25) is 5.91 Å². The Bertz CT molecular complexity index is 616. The highest BCUT2D eigenvalue weighted by molar-refractivity contribution is 6.30. The Hall–Kier alpha value is -0.770. The van der Waals surface area contributed by atoms with E-state index in [1.165, 1.54) is 6.42 Å². The first-order chi connectivity index (χ1) is 12.2. The normalized spacial score (nSPS) is 28.0. The smallest absolute Gasteiger partial charge is 0.233 e. The number of likely N-dealkylation sites (tertiary alicyclic amines) is 1. The van der Waals surface area contributed by atoms with Crippen LogP contribution in [0.25, 0.3) is 0 Å². The van der Waals surface area contributed by atoms with Crippen LogP contribution in [0.5, 0.6) is 0 Å². The second-order valence-corrected chi connectivity index (χ2v) is 8.64. The average Bonchev–Trinajstić information content (AvgIpc) is 3.00. The minimum atomic E-state index is -0.346. The molecule has 0 spiro atoms. The molecule has 1 N–H and O–H groups in total. The van der Waals surface area contributed by atoms with E-state index in [2.05, 4.69) is 16.3 Å². The maximum absolute atomic E-state index is 13.7. The van der Waals surface area contributed by atoms with E-state index in [0.29, 0.717) is 5.91 Å². The number of nitrogens with zero attached hydrogens (tertiary/aromatic N) is 1.